The van der Waals surface area contributed by atoms with Crippen molar-refractivity contribution in [3.63, 3.8) is 0 Å². The molecule has 2 aliphatic heterocycles. The third-order valence-electron chi connectivity index (χ3n) is 7.60. The van der Waals surface area contributed by atoms with Crippen LogP contribution in [-0.2, 0) is 0 Å². The molecule has 176 valence electrons. The number of hydrogen-bond acceptors (Lipinski definition) is 7. The molecule has 4 aliphatic rings. The first-order chi connectivity index (χ1) is 16.2. The number of nitrogens with two attached hydrogens (primary N) is 1. The Hall–Kier alpha value is -3.15. The highest BCUT2D eigenvalue weighted by molar-refractivity contribution is 5.85. The van der Waals surface area contributed by atoms with Crippen LogP contribution >= 0.6 is 0 Å². The Labute approximate surface area is 199 Å². The molecule has 8 nitrogen and oxygen atoms in total. The lowest BCUT2D eigenvalue weighted by Crippen LogP contribution is -2.67. The second kappa shape index (κ2) is 7.42. The summed E-state index contributed by atoms with van der Waals surface area (Å²) in [6, 6.07) is 9.22. The maximum atomic E-state index is 10.1. The average molecular weight is 459 g/mol. The lowest BCUT2D eigenvalue weighted by molar-refractivity contribution is 0.0283. The van der Waals surface area contributed by atoms with Gasteiger partial charge in [0.25, 0.3) is 0 Å². The summed E-state index contributed by atoms with van der Waals surface area (Å²) in [7, 11) is 0. The normalized spacial score (nSPS) is 27.9. The molecule has 7 rings (SSSR count). The zero-order chi connectivity index (χ0) is 23.7. The van der Waals surface area contributed by atoms with Crippen LogP contribution in [0.4, 0.5) is 5.82 Å². The summed E-state index contributed by atoms with van der Waals surface area (Å²) >= 11 is 0. The SMILES string of the molecule is CC(C)(O)COc1cc(-c2ccc(N3[C@@H]4CC5C[C@H]3CC(N)(C5)C4)nc2)c2c(C#N)cnn2c1. The van der Waals surface area contributed by atoms with Crippen LogP contribution in [0.25, 0.3) is 16.6 Å². The number of ether oxygens (including phenoxy) is 1. The van der Waals surface area contributed by atoms with Gasteiger partial charge in [-0.05, 0) is 70.1 Å². The Balaban J connectivity index is 1.35. The fourth-order valence-electron chi connectivity index (χ4n) is 6.49. The third kappa shape index (κ3) is 3.60. The zero-order valence-electron chi connectivity index (χ0n) is 19.6. The molecule has 2 saturated heterocycles. The number of anilines is 1. The van der Waals surface area contributed by atoms with Crippen molar-refractivity contribution < 1.29 is 9.84 Å². The van der Waals surface area contributed by atoms with Gasteiger partial charge in [-0.25, -0.2) is 9.50 Å². The van der Waals surface area contributed by atoms with E-state index in [4.69, 9.17) is 15.5 Å². The van der Waals surface area contributed by atoms with Gasteiger partial charge in [-0.1, -0.05) is 0 Å². The van der Waals surface area contributed by atoms with Crippen molar-refractivity contribution in [2.75, 3.05) is 11.5 Å². The van der Waals surface area contributed by atoms with E-state index in [1.54, 1.807) is 30.8 Å². The van der Waals surface area contributed by atoms with E-state index in [0.717, 1.165) is 35.7 Å². The molecule has 4 atom stereocenters. The van der Waals surface area contributed by atoms with E-state index in [9.17, 15) is 10.4 Å². The highest BCUT2D eigenvalue weighted by Gasteiger charge is 2.53. The van der Waals surface area contributed by atoms with Crippen molar-refractivity contribution in [1.29, 1.82) is 5.26 Å². The molecule has 2 unspecified atom stereocenters. The van der Waals surface area contributed by atoms with Crippen LogP contribution in [0.3, 0.4) is 0 Å². The summed E-state index contributed by atoms with van der Waals surface area (Å²) < 4.78 is 7.50. The summed E-state index contributed by atoms with van der Waals surface area (Å²) in [5.74, 6) is 2.32. The molecule has 0 spiro atoms. The predicted molar refractivity (Wildman–Crippen MR) is 128 cm³/mol. The number of pyridine rings is 2. The average Bonchev–Trinajstić information content (AvgIpc) is 3.19. The van der Waals surface area contributed by atoms with Gasteiger partial charge in [0.05, 0.1) is 29.1 Å². The van der Waals surface area contributed by atoms with E-state index >= 15 is 0 Å². The largest absolute Gasteiger partial charge is 0.489 e. The van der Waals surface area contributed by atoms with Crippen molar-refractivity contribution in [3.8, 4) is 22.9 Å². The standard InChI is InChI=1S/C26H30N6O2/c1-25(2,33)15-34-21-7-22(24-18(11-27)13-30-31(24)14-21)17-3-4-23(29-12-17)32-19-5-16-6-20(32)10-26(28,8-16)9-19/h3-4,7,12-14,16,19-20,33H,5-6,8-10,15,28H2,1-2H3/t16?,19-,20+,26?. The first-order valence-corrected chi connectivity index (χ1v) is 12.0. The van der Waals surface area contributed by atoms with Crippen LogP contribution in [-0.4, -0.2) is 49.5 Å². The Kier molecular flexibility index (Phi) is 4.67. The summed E-state index contributed by atoms with van der Waals surface area (Å²) in [6.45, 7) is 3.54. The molecule has 3 aromatic heterocycles. The van der Waals surface area contributed by atoms with Crippen LogP contribution in [0.1, 0.15) is 51.5 Å². The molecule has 3 aromatic rings. The first-order valence-electron chi connectivity index (χ1n) is 12.0. The Morgan fingerprint density at radius 3 is 2.62 bits per heavy atom. The van der Waals surface area contributed by atoms with Crippen molar-refractivity contribution >= 4 is 11.3 Å². The van der Waals surface area contributed by atoms with Gasteiger partial charge in [0.2, 0.25) is 0 Å². The van der Waals surface area contributed by atoms with E-state index in [1.165, 1.54) is 19.3 Å². The molecule has 8 heteroatoms. The number of aliphatic hydroxyl groups is 1. The molecule has 0 aromatic carbocycles. The van der Waals surface area contributed by atoms with Gasteiger partial charge in [-0.2, -0.15) is 10.4 Å². The van der Waals surface area contributed by atoms with E-state index in [-0.39, 0.29) is 12.1 Å². The molecule has 3 N–H and O–H groups in total. The molecule has 2 saturated carbocycles. The highest BCUT2D eigenvalue weighted by atomic mass is 16.5. The monoisotopic (exact) mass is 458 g/mol. The summed E-state index contributed by atoms with van der Waals surface area (Å²) in [4.78, 5) is 7.38. The van der Waals surface area contributed by atoms with Crippen LogP contribution in [0.2, 0.25) is 0 Å². The van der Waals surface area contributed by atoms with Crippen LogP contribution in [0.15, 0.2) is 36.8 Å². The topological polar surface area (TPSA) is 113 Å². The van der Waals surface area contributed by atoms with E-state index in [0.29, 0.717) is 28.9 Å². The minimum Gasteiger partial charge on any atom is -0.489 e. The number of nitrogens with zero attached hydrogens (tertiary/aromatic N) is 5. The minimum atomic E-state index is -0.963. The lowest BCUT2D eigenvalue weighted by Gasteiger charge is -2.60. The van der Waals surface area contributed by atoms with Gasteiger partial charge in [0, 0.05) is 34.9 Å². The fraction of sp³-hybridized carbons (Fsp3) is 0.500. The summed E-state index contributed by atoms with van der Waals surface area (Å²) in [5.41, 5.74) is 8.65. The molecule has 4 bridgehead atoms. The van der Waals surface area contributed by atoms with Crippen LogP contribution in [0, 0.1) is 17.2 Å². The number of nitriles is 1. The minimum absolute atomic E-state index is 0.0117. The van der Waals surface area contributed by atoms with Gasteiger partial charge in [-0.15, -0.1) is 0 Å². The maximum absolute atomic E-state index is 10.1. The third-order valence-corrected chi connectivity index (χ3v) is 7.60. The Bertz CT molecular complexity index is 1270. The van der Waals surface area contributed by atoms with Crippen molar-refractivity contribution in [2.45, 2.75) is 69.2 Å². The summed E-state index contributed by atoms with van der Waals surface area (Å²) in [6.07, 6.45) is 10.9. The highest BCUT2D eigenvalue weighted by Crippen LogP contribution is 2.51. The van der Waals surface area contributed by atoms with Gasteiger partial charge < -0.3 is 20.5 Å². The second-order valence-electron chi connectivity index (χ2n) is 11.1. The molecule has 5 heterocycles. The number of rotatable bonds is 5. The molecule has 34 heavy (non-hydrogen) atoms. The summed E-state index contributed by atoms with van der Waals surface area (Å²) in [5, 5.41) is 24.0. The van der Waals surface area contributed by atoms with Crippen molar-refractivity contribution in [1.82, 2.24) is 14.6 Å². The molecular weight excluding hydrogens is 428 g/mol. The van der Waals surface area contributed by atoms with Crippen molar-refractivity contribution in [2.24, 2.45) is 11.7 Å². The van der Waals surface area contributed by atoms with Gasteiger partial charge in [0.15, 0.2) is 0 Å². The van der Waals surface area contributed by atoms with E-state index in [2.05, 4.69) is 28.2 Å². The van der Waals surface area contributed by atoms with E-state index in [1.807, 2.05) is 12.3 Å². The van der Waals surface area contributed by atoms with Gasteiger partial charge in [0.1, 0.15) is 24.2 Å². The van der Waals surface area contributed by atoms with Crippen molar-refractivity contribution in [3.05, 3.63) is 42.4 Å². The predicted octanol–water partition coefficient (Wildman–Crippen LogP) is 3.27. The Morgan fingerprint density at radius 2 is 2.00 bits per heavy atom. The number of fused-ring (bicyclic) bond motifs is 1. The van der Waals surface area contributed by atoms with E-state index < -0.39 is 5.60 Å². The smallest absolute Gasteiger partial charge is 0.138 e. The zero-order valence-corrected chi connectivity index (χ0v) is 19.6. The molecule has 0 amide bonds. The van der Waals surface area contributed by atoms with Crippen LogP contribution in [0.5, 0.6) is 5.75 Å². The quantitative estimate of drug-likeness (QED) is 0.603. The number of piperidine rings is 2. The van der Waals surface area contributed by atoms with Gasteiger partial charge in [-0.3, -0.25) is 0 Å². The van der Waals surface area contributed by atoms with Gasteiger partial charge >= 0.3 is 0 Å². The molecule has 2 aliphatic carbocycles. The number of hydrogen-bond donors (Lipinski definition) is 2. The maximum Gasteiger partial charge on any atom is 0.138 e. The first kappa shape index (κ1) is 21.4. The molecule has 0 radical (unpaired) electrons. The lowest BCUT2D eigenvalue weighted by atomic mass is 9.60. The number of aromatic nitrogens is 3. The van der Waals surface area contributed by atoms with Crippen LogP contribution < -0.4 is 15.4 Å². The fourth-order valence-corrected chi connectivity index (χ4v) is 6.49. The second-order valence-corrected chi connectivity index (χ2v) is 11.1. The molecular formula is C26H30N6O2. The Morgan fingerprint density at radius 1 is 1.24 bits per heavy atom. The molecule has 4 fully saturated rings.